The fraction of sp³-hybridized carbons (Fsp3) is 0.267. The molecule has 1 aliphatic heterocycles. The zero-order valence-corrected chi connectivity index (χ0v) is 10.9. The third-order valence-corrected chi connectivity index (χ3v) is 2.55. The number of hydrazine groups is 1. The number of fused-ring (bicyclic) bond motifs is 1. The summed E-state index contributed by atoms with van der Waals surface area (Å²) in [5.41, 5.74) is 1.75. The Morgan fingerprint density at radius 1 is 0.947 bits per heavy atom. The van der Waals surface area contributed by atoms with Crippen molar-refractivity contribution < 1.29 is 9.53 Å². The van der Waals surface area contributed by atoms with E-state index >= 15 is 0 Å². The lowest BCUT2D eigenvalue weighted by atomic mass is 10.1. The van der Waals surface area contributed by atoms with Gasteiger partial charge in [0.05, 0.1) is 0 Å². The van der Waals surface area contributed by atoms with Gasteiger partial charge >= 0.3 is 0 Å². The molecule has 3 rings (SSSR count). The van der Waals surface area contributed by atoms with Gasteiger partial charge in [-0.1, -0.05) is 48.5 Å². The molecule has 3 N–H and O–H groups in total. The molecule has 0 atom stereocenters. The molecule has 4 heteroatoms. The van der Waals surface area contributed by atoms with Crippen molar-refractivity contribution >= 4 is 17.2 Å². The van der Waals surface area contributed by atoms with E-state index in [2.05, 4.69) is 54.4 Å². The van der Waals surface area contributed by atoms with Crippen molar-refractivity contribution in [1.82, 2.24) is 5.43 Å². The Bertz CT molecular complexity index is 397. The van der Waals surface area contributed by atoms with Crippen molar-refractivity contribution in [1.29, 1.82) is 0 Å². The lowest BCUT2D eigenvalue weighted by molar-refractivity contribution is -0.109. The molecule has 0 aliphatic carbocycles. The lowest BCUT2D eigenvalue weighted by Gasteiger charge is -1.92. The molecule has 1 heterocycles. The van der Waals surface area contributed by atoms with Crippen LogP contribution in [0.5, 0.6) is 0 Å². The summed E-state index contributed by atoms with van der Waals surface area (Å²) in [6.07, 6.45) is 2.96. The van der Waals surface area contributed by atoms with E-state index in [9.17, 15) is 0 Å². The van der Waals surface area contributed by atoms with E-state index in [4.69, 9.17) is 9.53 Å². The number of ether oxygens (including phenoxy) is 1. The molecule has 0 spiro atoms. The number of hydrogen-bond acceptors (Lipinski definition) is 3. The first kappa shape index (κ1) is 15.1. The van der Waals surface area contributed by atoms with Gasteiger partial charge < -0.3 is 4.74 Å². The first-order valence-electron chi connectivity index (χ1n) is 6.30. The molecular weight excluding hydrogens is 240 g/mol. The highest BCUT2D eigenvalue weighted by Gasteiger charge is 1.94. The van der Waals surface area contributed by atoms with Gasteiger partial charge in [0.15, 0.2) is 0 Å². The lowest BCUT2D eigenvalue weighted by Crippen LogP contribution is -2.18. The van der Waals surface area contributed by atoms with E-state index in [1.54, 1.807) is 5.43 Å². The normalized spacial score (nSPS) is 12.7. The summed E-state index contributed by atoms with van der Waals surface area (Å²) in [7, 11) is 0. The minimum absolute atomic E-state index is 0.403. The fourth-order valence-electron chi connectivity index (χ4n) is 1.64. The van der Waals surface area contributed by atoms with Gasteiger partial charge in [-0.15, -0.1) is 0 Å². The van der Waals surface area contributed by atoms with Crippen molar-refractivity contribution in [3.8, 4) is 0 Å². The standard InChI is InChI=1S/C10H8.C4H8O.CH4N2O/c1-2-6-10-8-4-3-7-9(10)5-1;1-2-4-5-3-1;2-3-1-4/h1-8H;1-4H2;1H,2H2,(H,3,4). The molecule has 2 aromatic rings. The van der Waals surface area contributed by atoms with Gasteiger partial charge in [-0.3, -0.25) is 10.2 Å². The van der Waals surface area contributed by atoms with Crippen LogP contribution >= 0.6 is 0 Å². The van der Waals surface area contributed by atoms with E-state index in [1.807, 2.05) is 0 Å². The van der Waals surface area contributed by atoms with Crippen LogP contribution in [-0.2, 0) is 9.53 Å². The molecule has 19 heavy (non-hydrogen) atoms. The van der Waals surface area contributed by atoms with E-state index in [-0.39, 0.29) is 0 Å². The van der Waals surface area contributed by atoms with E-state index in [1.165, 1.54) is 23.6 Å². The quantitative estimate of drug-likeness (QED) is 0.358. The van der Waals surface area contributed by atoms with Gasteiger partial charge in [0.25, 0.3) is 0 Å². The number of amides is 1. The number of nitrogens with two attached hydrogens (primary N) is 1. The summed E-state index contributed by atoms with van der Waals surface area (Å²) in [4.78, 5) is 8.94. The molecule has 0 radical (unpaired) electrons. The summed E-state index contributed by atoms with van der Waals surface area (Å²) < 4.78 is 4.94. The van der Waals surface area contributed by atoms with Crippen molar-refractivity contribution in [2.24, 2.45) is 5.84 Å². The summed E-state index contributed by atoms with van der Waals surface area (Å²) in [5.74, 6) is 4.41. The Hall–Kier alpha value is -1.91. The second kappa shape index (κ2) is 10.1. The van der Waals surface area contributed by atoms with Crippen LogP contribution in [0.15, 0.2) is 48.5 Å². The highest BCUT2D eigenvalue weighted by atomic mass is 16.5. The third-order valence-electron chi connectivity index (χ3n) is 2.55. The SMILES string of the molecule is C1CCOC1.NNC=O.c1ccc2ccccc2c1. The van der Waals surface area contributed by atoms with E-state index in [0.29, 0.717) is 6.41 Å². The molecule has 102 valence electrons. The number of nitrogens with one attached hydrogen (secondary N) is 1. The van der Waals surface area contributed by atoms with Gasteiger partial charge in [-0.05, 0) is 23.6 Å². The zero-order chi connectivity index (χ0) is 13.8. The van der Waals surface area contributed by atoms with Crippen LogP contribution in [0.1, 0.15) is 12.8 Å². The molecule has 1 aliphatic rings. The molecule has 0 unspecified atom stereocenters. The van der Waals surface area contributed by atoms with Crippen molar-refractivity contribution in [3.63, 3.8) is 0 Å². The maximum atomic E-state index is 8.94. The number of carbonyl (C=O) groups is 1. The second-order valence-corrected chi connectivity index (χ2v) is 3.95. The summed E-state index contributed by atoms with van der Waals surface area (Å²) in [5, 5.41) is 2.62. The number of carbonyl (C=O) groups excluding carboxylic acids is 1. The van der Waals surface area contributed by atoms with Gasteiger partial charge in [-0.25, -0.2) is 5.84 Å². The van der Waals surface area contributed by atoms with Gasteiger partial charge in [0, 0.05) is 13.2 Å². The smallest absolute Gasteiger partial charge is 0.221 e. The first-order valence-corrected chi connectivity index (χ1v) is 6.30. The average molecular weight is 260 g/mol. The fourth-order valence-corrected chi connectivity index (χ4v) is 1.64. The van der Waals surface area contributed by atoms with Crippen molar-refractivity contribution in [3.05, 3.63) is 48.5 Å². The zero-order valence-electron chi connectivity index (χ0n) is 10.9. The van der Waals surface area contributed by atoms with Crippen LogP contribution < -0.4 is 11.3 Å². The highest BCUT2D eigenvalue weighted by molar-refractivity contribution is 5.81. The van der Waals surface area contributed by atoms with Gasteiger partial charge in [-0.2, -0.15) is 0 Å². The Labute approximate surface area is 113 Å². The van der Waals surface area contributed by atoms with E-state index in [0.717, 1.165) is 13.2 Å². The molecule has 0 bridgehead atoms. The molecule has 1 fully saturated rings. The molecule has 2 aromatic carbocycles. The highest BCUT2D eigenvalue weighted by Crippen LogP contribution is 2.11. The van der Waals surface area contributed by atoms with Crippen LogP contribution in [0.3, 0.4) is 0 Å². The topological polar surface area (TPSA) is 64.3 Å². The Kier molecular flexibility index (Phi) is 8.02. The monoisotopic (exact) mass is 260 g/mol. The maximum Gasteiger partial charge on any atom is 0.221 e. The van der Waals surface area contributed by atoms with Crippen LogP contribution in [0, 0.1) is 0 Å². The molecular formula is C15H20N2O2. The van der Waals surface area contributed by atoms with Crippen LogP contribution in [0.25, 0.3) is 10.8 Å². The largest absolute Gasteiger partial charge is 0.381 e. The summed E-state index contributed by atoms with van der Waals surface area (Å²) >= 11 is 0. The molecule has 1 amide bonds. The van der Waals surface area contributed by atoms with Crippen molar-refractivity contribution in [2.75, 3.05) is 13.2 Å². The van der Waals surface area contributed by atoms with Crippen LogP contribution in [-0.4, -0.2) is 19.6 Å². The molecule has 4 nitrogen and oxygen atoms in total. The van der Waals surface area contributed by atoms with Gasteiger partial charge in [0.2, 0.25) is 6.41 Å². The average Bonchev–Trinajstić information content (AvgIpc) is 3.07. The van der Waals surface area contributed by atoms with Crippen molar-refractivity contribution in [2.45, 2.75) is 12.8 Å². The summed E-state index contributed by atoms with van der Waals surface area (Å²) in [6, 6.07) is 16.7. The third kappa shape index (κ3) is 6.55. The maximum absolute atomic E-state index is 8.94. The Balaban J connectivity index is 0.000000169. The predicted molar refractivity (Wildman–Crippen MR) is 77.4 cm³/mol. The minimum atomic E-state index is 0.403. The summed E-state index contributed by atoms with van der Waals surface area (Å²) in [6.45, 7) is 2.00. The van der Waals surface area contributed by atoms with Gasteiger partial charge in [0.1, 0.15) is 0 Å². The number of rotatable bonds is 1. The molecule has 0 saturated carbocycles. The van der Waals surface area contributed by atoms with Crippen LogP contribution in [0.4, 0.5) is 0 Å². The molecule has 1 saturated heterocycles. The Morgan fingerprint density at radius 2 is 1.32 bits per heavy atom. The van der Waals surface area contributed by atoms with Crippen LogP contribution in [0.2, 0.25) is 0 Å². The number of benzene rings is 2. The minimum Gasteiger partial charge on any atom is -0.381 e. The first-order chi connectivity index (χ1) is 9.38. The van der Waals surface area contributed by atoms with E-state index < -0.39 is 0 Å². The molecule has 0 aromatic heterocycles. The second-order valence-electron chi connectivity index (χ2n) is 3.95. The predicted octanol–water partition coefficient (Wildman–Crippen LogP) is 2.24. The Morgan fingerprint density at radius 3 is 1.53 bits per heavy atom. The number of hydrogen-bond donors (Lipinski definition) is 2.